The van der Waals surface area contributed by atoms with Gasteiger partial charge in [0.2, 0.25) is 0 Å². The van der Waals surface area contributed by atoms with Crippen LogP contribution in [-0.4, -0.2) is 38.2 Å². The van der Waals surface area contributed by atoms with E-state index in [0.29, 0.717) is 17.6 Å². The smallest absolute Gasteiger partial charge is 0.312 e. The maximum Gasteiger partial charge on any atom is 0.312 e. The summed E-state index contributed by atoms with van der Waals surface area (Å²) in [5.41, 5.74) is 1.51. The number of hydrogen-bond acceptors (Lipinski definition) is 7. The number of thiazole rings is 1. The van der Waals surface area contributed by atoms with Gasteiger partial charge in [0.25, 0.3) is 5.91 Å². The number of nitrogens with zero attached hydrogens (tertiary/aromatic N) is 4. The first-order valence-corrected chi connectivity index (χ1v) is 10.4. The molecule has 1 aliphatic carbocycles. The number of anilines is 1. The molecule has 0 radical (unpaired) electrons. The van der Waals surface area contributed by atoms with E-state index < -0.39 is 5.97 Å². The summed E-state index contributed by atoms with van der Waals surface area (Å²) in [6.07, 6.45) is 9.58. The molecule has 29 heavy (non-hydrogen) atoms. The first-order valence-electron chi connectivity index (χ1n) is 9.53. The summed E-state index contributed by atoms with van der Waals surface area (Å²) in [5, 5.41) is 9.69. The zero-order valence-corrected chi connectivity index (χ0v) is 16.6. The second-order valence-corrected chi connectivity index (χ2v) is 7.73. The Morgan fingerprint density at radius 2 is 2.10 bits per heavy atom. The Kier molecular flexibility index (Phi) is 5.95. The maximum absolute atomic E-state index is 12.2. The zero-order chi connectivity index (χ0) is 20.1. The highest BCUT2D eigenvalue weighted by atomic mass is 32.1. The lowest BCUT2D eigenvalue weighted by Gasteiger charge is -2.14. The molecule has 150 valence electrons. The fourth-order valence-electron chi connectivity index (χ4n) is 3.39. The van der Waals surface area contributed by atoms with E-state index in [1.807, 2.05) is 22.2 Å². The van der Waals surface area contributed by atoms with Gasteiger partial charge in [0.1, 0.15) is 10.8 Å². The highest BCUT2D eigenvalue weighted by Crippen LogP contribution is 2.31. The minimum atomic E-state index is -0.493. The molecule has 0 spiro atoms. The third-order valence-corrected chi connectivity index (χ3v) is 5.70. The van der Waals surface area contributed by atoms with Gasteiger partial charge in [-0.3, -0.25) is 14.6 Å². The van der Waals surface area contributed by atoms with Crippen LogP contribution in [0.25, 0.3) is 10.6 Å². The molecule has 1 aliphatic rings. The van der Waals surface area contributed by atoms with E-state index in [4.69, 9.17) is 4.74 Å². The molecule has 0 aromatic carbocycles. The molecular weight excluding hydrogens is 390 g/mol. The van der Waals surface area contributed by atoms with Crippen LogP contribution >= 0.6 is 11.3 Å². The summed E-state index contributed by atoms with van der Waals surface area (Å²) in [5.74, 6) is -0.238. The van der Waals surface area contributed by atoms with Gasteiger partial charge in [-0.05, 0) is 25.0 Å². The van der Waals surface area contributed by atoms with Crippen LogP contribution in [0.15, 0.2) is 42.2 Å². The van der Waals surface area contributed by atoms with Crippen LogP contribution in [0.5, 0.6) is 0 Å². The number of hydrogen-bond donors (Lipinski definition) is 1. The second-order valence-electron chi connectivity index (χ2n) is 6.87. The van der Waals surface area contributed by atoms with Crippen molar-refractivity contribution in [1.82, 2.24) is 19.7 Å². The van der Waals surface area contributed by atoms with Gasteiger partial charge in [-0.15, -0.1) is 11.3 Å². The van der Waals surface area contributed by atoms with Gasteiger partial charge in [-0.25, -0.2) is 9.67 Å². The number of aromatic nitrogens is 4. The second kappa shape index (κ2) is 8.95. The van der Waals surface area contributed by atoms with Gasteiger partial charge in [0.15, 0.2) is 6.61 Å². The summed E-state index contributed by atoms with van der Waals surface area (Å²) in [6.45, 7) is -0.339. The minimum Gasteiger partial charge on any atom is -0.455 e. The van der Waals surface area contributed by atoms with Crippen molar-refractivity contribution in [2.45, 2.75) is 38.1 Å². The molecule has 3 aromatic rings. The van der Waals surface area contributed by atoms with Crippen molar-refractivity contribution in [3.05, 3.63) is 47.9 Å². The number of rotatable bonds is 7. The molecule has 1 saturated carbocycles. The topological polar surface area (TPSA) is 99.0 Å². The molecule has 1 fully saturated rings. The van der Waals surface area contributed by atoms with Crippen LogP contribution in [0.3, 0.4) is 0 Å². The number of carbonyl (C=O) groups is 2. The summed E-state index contributed by atoms with van der Waals surface area (Å²) < 4.78 is 6.96. The first kappa shape index (κ1) is 19.3. The Bertz CT molecular complexity index is 979. The molecule has 0 unspecified atom stereocenters. The van der Waals surface area contributed by atoms with Crippen molar-refractivity contribution in [3.8, 4) is 10.6 Å². The van der Waals surface area contributed by atoms with E-state index in [1.165, 1.54) is 24.2 Å². The molecule has 0 saturated heterocycles. The SMILES string of the molecule is O=C(COC(=O)Cc1csc(-c2cccnc2)n1)Nc1ccnn1C1CCCC1. The summed E-state index contributed by atoms with van der Waals surface area (Å²) in [6, 6.07) is 5.82. The fraction of sp³-hybridized carbons (Fsp3) is 0.350. The van der Waals surface area contributed by atoms with Crippen LogP contribution in [0.2, 0.25) is 0 Å². The fourth-order valence-corrected chi connectivity index (χ4v) is 4.20. The summed E-state index contributed by atoms with van der Waals surface area (Å²) in [4.78, 5) is 32.7. The molecule has 9 heteroatoms. The molecule has 0 bridgehead atoms. The number of ether oxygens (including phenoxy) is 1. The van der Waals surface area contributed by atoms with Crippen molar-refractivity contribution >= 4 is 29.0 Å². The van der Waals surface area contributed by atoms with E-state index in [1.54, 1.807) is 24.7 Å². The van der Waals surface area contributed by atoms with E-state index in [9.17, 15) is 9.59 Å². The molecule has 8 nitrogen and oxygen atoms in total. The monoisotopic (exact) mass is 411 g/mol. The van der Waals surface area contributed by atoms with Crippen molar-refractivity contribution < 1.29 is 14.3 Å². The quantitative estimate of drug-likeness (QED) is 0.599. The van der Waals surface area contributed by atoms with Crippen molar-refractivity contribution in [3.63, 3.8) is 0 Å². The molecular formula is C20H21N5O3S. The molecule has 3 heterocycles. The first-order chi connectivity index (χ1) is 14.2. The average molecular weight is 411 g/mol. The Morgan fingerprint density at radius 3 is 2.90 bits per heavy atom. The average Bonchev–Trinajstić information content (AvgIpc) is 3.49. The van der Waals surface area contributed by atoms with Gasteiger partial charge in [-0.2, -0.15) is 5.10 Å². The number of pyridine rings is 1. The van der Waals surface area contributed by atoms with E-state index in [-0.39, 0.29) is 18.9 Å². The van der Waals surface area contributed by atoms with Crippen LogP contribution < -0.4 is 5.32 Å². The number of nitrogens with one attached hydrogen (secondary N) is 1. The number of amides is 1. The summed E-state index contributed by atoms with van der Waals surface area (Å²) in [7, 11) is 0. The Balaban J connectivity index is 1.26. The Labute approximate surface area is 171 Å². The maximum atomic E-state index is 12.2. The van der Waals surface area contributed by atoms with Crippen LogP contribution in [0, 0.1) is 0 Å². The molecule has 0 atom stereocenters. The largest absolute Gasteiger partial charge is 0.455 e. The third kappa shape index (κ3) is 4.86. The van der Waals surface area contributed by atoms with Crippen LogP contribution in [0.4, 0.5) is 5.82 Å². The van der Waals surface area contributed by atoms with E-state index >= 15 is 0 Å². The standard InChI is InChI=1S/C20H21N5O3S/c26-18(24-17-7-9-22-25(17)16-5-1-2-6-16)12-28-19(27)10-15-13-29-20(23-15)14-4-3-8-21-11-14/h3-4,7-9,11,13,16H,1-2,5-6,10,12H2,(H,24,26). The molecule has 3 aromatic heterocycles. The normalized spacial score (nSPS) is 14.1. The van der Waals surface area contributed by atoms with Gasteiger partial charge >= 0.3 is 5.97 Å². The van der Waals surface area contributed by atoms with Gasteiger partial charge in [0.05, 0.1) is 24.4 Å². The Morgan fingerprint density at radius 1 is 1.24 bits per heavy atom. The van der Waals surface area contributed by atoms with Crippen molar-refractivity contribution in [2.75, 3.05) is 11.9 Å². The lowest BCUT2D eigenvalue weighted by molar-refractivity contribution is -0.146. The lowest BCUT2D eigenvalue weighted by Crippen LogP contribution is -2.24. The predicted octanol–water partition coefficient (Wildman–Crippen LogP) is 3.24. The van der Waals surface area contributed by atoms with Crippen molar-refractivity contribution in [2.24, 2.45) is 0 Å². The predicted molar refractivity (Wildman–Crippen MR) is 108 cm³/mol. The van der Waals surface area contributed by atoms with Gasteiger partial charge < -0.3 is 10.1 Å². The molecule has 1 amide bonds. The lowest BCUT2D eigenvalue weighted by atomic mass is 10.2. The number of carbonyl (C=O) groups excluding carboxylic acids is 2. The molecule has 0 aliphatic heterocycles. The van der Waals surface area contributed by atoms with Crippen molar-refractivity contribution in [1.29, 1.82) is 0 Å². The van der Waals surface area contributed by atoms with Crippen LogP contribution in [-0.2, 0) is 20.7 Å². The van der Waals surface area contributed by atoms with Gasteiger partial charge in [-0.1, -0.05) is 12.8 Å². The number of esters is 1. The molecule has 4 rings (SSSR count). The van der Waals surface area contributed by atoms with Crippen LogP contribution in [0.1, 0.15) is 37.4 Å². The van der Waals surface area contributed by atoms with E-state index in [0.717, 1.165) is 23.4 Å². The highest BCUT2D eigenvalue weighted by Gasteiger charge is 2.21. The zero-order valence-electron chi connectivity index (χ0n) is 15.8. The molecule has 1 N–H and O–H groups in total. The Hall–Kier alpha value is -3.07. The highest BCUT2D eigenvalue weighted by molar-refractivity contribution is 7.13. The minimum absolute atomic E-state index is 0.0179. The third-order valence-electron chi connectivity index (χ3n) is 4.76. The van der Waals surface area contributed by atoms with E-state index in [2.05, 4.69) is 20.4 Å². The summed E-state index contributed by atoms with van der Waals surface area (Å²) >= 11 is 1.44. The van der Waals surface area contributed by atoms with Gasteiger partial charge in [0, 0.05) is 29.4 Å².